The van der Waals surface area contributed by atoms with Crippen LogP contribution in [-0.4, -0.2) is 70.8 Å². The van der Waals surface area contributed by atoms with Crippen LogP contribution in [-0.2, 0) is 35.7 Å². The minimum Gasteiger partial charge on any atom is -0.328 e. The quantitative estimate of drug-likeness (QED) is 0.664. The van der Waals surface area contributed by atoms with Crippen LogP contribution in [0, 0.1) is 0 Å². The summed E-state index contributed by atoms with van der Waals surface area (Å²) in [7, 11) is -4.06. The van der Waals surface area contributed by atoms with E-state index in [0.717, 1.165) is 73.7 Å². The zero-order chi connectivity index (χ0) is 18.3. The molecule has 2 aliphatic carbocycles. The first kappa shape index (κ1) is 20.8. The van der Waals surface area contributed by atoms with Crippen LogP contribution >= 0.6 is 0 Å². The van der Waals surface area contributed by atoms with Crippen molar-refractivity contribution in [3.63, 3.8) is 0 Å². The molecule has 1 heterocycles. The van der Waals surface area contributed by atoms with Crippen molar-refractivity contribution in [2.75, 3.05) is 5.32 Å². The molecule has 0 saturated carbocycles. The molecule has 2 amide bonds. The van der Waals surface area contributed by atoms with Crippen molar-refractivity contribution in [3.8, 4) is 0 Å². The average molecular weight is 413 g/mol. The van der Waals surface area contributed by atoms with E-state index in [4.69, 9.17) is 0 Å². The second-order valence-electron chi connectivity index (χ2n) is 6.68. The van der Waals surface area contributed by atoms with Crippen molar-refractivity contribution in [3.05, 3.63) is 57.0 Å². The van der Waals surface area contributed by atoms with Crippen LogP contribution in [0.4, 0.5) is 10.5 Å². The minimum atomic E-state index is -4.06. The van der Waals surface area contributed by atoms with Gasteiger partial charge in [-0.2, -0.15) is 0 Å². The molecule has 1 aromatic heterocycles. The van der Waals surface area contributed by atoms with Gasteiger partial charge in [-0.25, -0.2) is 17.9 Å². The number of aromatic amines is 1. The van der Waals surface area contributed by atoms with Crippen molar-refractivity contribution < 1.29 is 13.2 Å². The van der Waals surface area contributed by atoms with E-state index in [-0.39, 0.29) is 56.3 Å². The number of benzene rings is 1. The fourth-order valence-electron chi connectivity index (χ4n) is 3.85. The predicted octanol–water partition coefficient (Wildman–Crippen LogP) is 1.48. The van der Waals surface area contributed by atoms with E-state index in [1.165, 1.54) is 11.1 Å². The Morgan fingerprint density at radius 2 is 1.63 bits per heavy atom. The number of rotatable bonds is 3. The van der Waals surface area contributed by atoms with Gasteiger partial charge in [0.25, 0.3) is 10.0 Å². The van der Waals surface area contributed by atoms with E-state index in [1.54, 1.807) is 0 Å². The Labute approximate surface area is 199 Å². The smallest absolute Gasteiger partial charge is 0.328 e. The summed E-state index contributed by atoms with van der Waals surface area (Å²) in [5.74, 6) is 0. The summed E-state index contributed by atoms with van der Waals surface area (Å²) in [6, 6.07) is 3.71. The molecule has 0 atom stereocenters. The first-order valence-electron chi connectivity index (χ1n) is 8.63. The maximum Gasteiger partial charge on any atom is 0.333 e. The molecule has 0 saturated heterocycles. The van der Waals surface area contributed by atoms with Gasteiger partial charge in [-0.3, -0.25) is 4.79 Å². The van der Waals surface area contributed by atoms with E-state index in [0.29, 0.717) is 0 Å². The van der Waals surface area contributed by atoms with Gasteiger partial charge < -0.3 is 10.3 Å². The van der Waals surface area contributed by atoms with E-state index in [9.17, 15) is 18.0 Å². The molecule has 7 nitrogen and oxygen atoms in total. The SMILES string of the molecule is O=C(Nc1c2c(cc3c1CCC3)CCC2)NS(=O)(=O)c1ccc(=O)[nH]c1.[K]. The van der Waals surface area contributed by atoms with Crippen molar-refractivity contribution in [1.82, 2.24) is 9.71 Å². The predicted molar refractivity (Wildman–Crippen MR) is 103 cm³/mol. The van der Waals surface area contributed by atoms with Crippen molar-refractivity contribution in [2.24, 2.45) is 0 Å². The normalized spacial score (nSPS) is 14.8. The van der Waals surface area contributed by atoms with Gasteiger partial charge in [-0.05, 0) is 66.8 Å². The maximum atomic E-state index is 12.4. The number of aromatic nitrogens is 1. The van der Waals surface area contributed by atoms with Crippen LogP contribution in [0.15, 0.2) is 34.1 Å². The molecule has 137 valence electrons. The third-order valence-electron chi connectivity index (χ3n) is 5.00. The van der Waals surface area contributed by atoms with Gasteiger partial charge in [0.15, 0.2) is 0 Å². The summed E-state index contributed by atoms with van der Waals surface area (Å²) in [6.07, 6.45) is 6.93. The molecule has 4 rings (SSSR count). The second-order valence-corrected chi connectivity index (χ2v) is 8.36. The molecule has 0 bridgehead atoms. The van der Waals surface area contributed by atoms with Crippen LogP contribution in [0.25, 0.3) is 0 Å². The van der Waals surface area contributed by atoms with Gasteiger partial charge in [0.1, 0.15) is 4.90 Å². The number of carbonyl (C=O) groups is 1. The molecule has 1 aromatic carbocycles. The van der Waals surface area contributed by atoms with Gasteiger partial charge in [0.05, 0.1) is 0 Å². The summed E-state index contributed by atoms with van der Waals surface area (Å²) < 4.78 is 26.7. The second kappa shape index (κ2) is 8.18. The monoisotopic (exact) mass is 412 g/mol. The Morgan fingerprint density at radius 3 is 2.19 bits per heavy atom. The number of carbonyl (C=O) groups excluding carboxylic acids is 1. The molecule has 2 aromatic rings. The number of fused-ring (bicyclic) bond motifs is 2. The summed E-state index contributed by atoms with van der Waals surface area (Å²) >= 11 is 0. The zero-order valence-electron chi connectivity index (χ0n) is 15.1. The van der Waals surface area contributed by atoms with Gasteiger partial charge >= 0.3 is 6.03 Å². The fourth-order valence-corrected chi connectivity index (χ4v) is 4.72. The number of anilines is 1. The minimum absolute atomic E-state index is 0. The number of pyridine rings is 1. The maximum absolute atomic E-state index is 12.4. The number of nitrogens with one attached hydrogen (secondary N) is 3. The van der Waals surface area contributed by atoms with Crippen LogP contribution in [0.3, 0.4) is 0 Å². The van der Waals surface area contributed by atoms with E-state index < -0.39 is 21.6 Å². The largest absolute Gasteiger partial charge is 0.333 e. The molecule has 0 spiro atoms. The Bertz CT molecular complexity index is 1010. The number of urea groups is 1. The van der Waals surface area contributed by atoms with Crippen LogP contribution < -0.4 is 15.6 Å². The Morgan fingerprint density at radius 1 is 1.00 bits per heavy atom. The van der Waals surface area contributed by atoms with Gasteiger partial charge in [-0.15, -0.1) is 0 Å². The van der Waals surface area contributed by atoms with Gasteiger partial charge in [-0.1, -0.05) is 6.07 Å². The number of amides is 2. The summed E-state index contributed by atoms with van der Waals surface area (Å²) in [4.78, 5) is 25.6. The molecule has 2 aliphatic rings. The number of H-pyrrole nitrogens is 1. The van der Waals surface area contributed by atoms with Crippen molar-refractivity contribution >= 4 is 73.1 Å². The van der Waals surface area contributed by atoms with Crippen LogP contribution in [0.5, 0.6) is 0 Å². The molecule has 9 heteroatoms. The topological polar surface area (TPSA) is 108 Å². The molecule has 0 unspecified atom stereocenters. The Balaban J connectivity index is 0.00000210. The molecule has 27 heavy (non-hydrogen) atoms. The van der Waals surface area contributed by atoms with Crippen molar-refractivity contribution in [2.45, 2.75) is 43.4 Å². The molecular formula is C18H19KN3O4S. The molecular weight excluding hydrogens is 393 g/mol. The number of aryl methyl sites for hydroxylation is 2. The standard InChI is InChI=1S/C18H19N3O4S.K/c22-16-8-7-13(10-19-16)26(24,25)21-18(23)20-17-14-5-1-3-11(14)9-12-4-2-6-15(12)17;/h7-10H,1-6H2,(H,19,22)(H2,20,21,23);. The summed E-state index contributed by atoms with van der Waals surface area (Å²) in [5, 5.41) is 2.78. The van der Waals surface area contributed by atoms with Crippen molar-refractivity contribution in [1.29, 1.82) is 0 Å². The fraction of sp³-hybridized carbons (Fsp3) is 0.333. The third-order valence-corrected chi connectivity index (χ3v) is 6.33. The summed E-state index contributed by atoms with van der Waals surface area (Å²) in [5.41, 5.74) is 5.13. The Hall–Kier alpha value is -0.974. The van der Waals surface area contributed by atoms with Gasteiger partial charge in [0, 0.05) is 69.3 Å². The molecule has 0 fully saturated rings. The molecule has 3 N–H and O–H groups in total. The zero-order valence-corrected chi connectivity index (χ0v) is 19.0. The van der Waals surface area contributed by atoms with Gasteiger partial charge in [0.2, 0.25) is 5.56 Å². The number of hydrogen-bond acceptors (Lipinski definition) is 4. The van der Waals surface area contributed by atoms with E-state index in [2.05, 4.69) is 16.4 Å². The van der Waals surface area contributed by atoms with E-state index in [1.807, 2.05) is 4.72 Å². The van der Waals surface area contributed by atoms with E-state index >= 15 is 0 Å². The first-order chi connectivity index (χ1) is 12.4. The number of hydrogen-bond donors (Lipinski definition) is 3. The van der Waals surface area contributed by atoms with Crippen LogP contribution in [0.2, 0.25) is 0 Å². The third kappa shape index (κ3) is 4.23. The molecule has 0 aliphatic heterocycles. The number of sulfonamides is 1. The Kier molecular flexibility index (Phi) is 6.29. The van der Waals surface area contributed by atoms with Crippen LogP contribution in [0.1, 0.15) is 35.1 Å². The first-order valence-corrected chi connectivity index (χ1v) is 10.1. The summed E-state index contributed by atoms with van der Waals surface area (Å²) in [6.45, 7) is 0. The molecule has 1 radical (unpaired) electrons. The average Bonchev–Trinajstić information content (AvgIpc) is 3.23.